The fourth-order valence-electron chi connectivity index (χ4n) is 3.35. The van der Waals surface area contributed by atoms with Crippen molar-refractivity contribution in [1.29, 1.82) is 0 Å². The summed E-state index contributed by atoms with van der Waals surface area (Å²) in [6, 6.07) is 17.3. The van der Waals surface area contributed by atoms with Gasteiger partial charge in [0.25, 0.3) is 0 Å². The Labute approximate surface area is 150 Å². The second-order valence-corrected chi connectivity index (χ2v) is 6.17. The van der Waals surface area contributed by atoms with Crippen molar-refractivity contribution >= 4 is 21.7 Å². The van der Waals surface area contributed by atoms with E-state index in [1.807, 2.05) is 42.5 Å². The molecule has 1 aromatic heterocycles. The zero-order valence-electron chi connectivity index (χ0n) is 14.8. The van der Waals surface area contributed by atoms with E-state index in [2.05, 4.69) is 6.92 Å². The number of rotatable bonds is 3. The Bertz CT molecular complexity index is 1190. The van der Waals surface area contributed by atoms with Gasteiger partial charge in [0.05, 0.1) is 19.8 Å². The van der Waals surface area contributed by atoms with Gasteiger partial charge in [-0.1, -0.05) is 30.3 Å². The first kappa shape index (κ1) is 16.2. The van der Waals surface area contributed by atoms with Crippen molar-refractivity contribution in [2.75, 3.05) is 14.2 Å². The summed E-state index contributed by atoms with van der Waals surface area (Å²) in [5, 5.41) is 2.92. The van der Waals surface area contributed by atoms with Crippen molar-refractivity contribution in [3.05, 3.63) is 70.6 Å². The van der Waals surface area contributed by atoms with Gasteiger partial charge in [-0.15, -0.1) is 0 Å². The van der Waals surface area contributed by atoms with E-state index in [4.69, 9.17) is 13.9 Å². The van der Waals surface area contributed by atoms with E-state index in [1.54, 1.807) is 26.4 Å². The van der Waals surface area contributed by atoms with Crippen LogP contribution in [0.25, 0.3) is 32.9 Å². The molecule has 0 aliphatic carbocycles. The zero-order valence-corrected chi connectivity index (χ0v) is 14.8. The van der Waals surface area contributed by atoms with E-state index in [1.165, 1.54) is 0 Å². The van der Waals surface area contributed by atoms with Crippen molar-refractivity contribution < 1.29 is 13.9 Å². The van der Waals surface area contributed by atoms with Crippen LogP contribution in [-0.4, -0.2) is 14.2 Å². The minimum atomic E-state index is -0.376. The minimum Gasteiger partial charge on any atom is -0.493 e. The lowest BCUT2D eigenvalue weighted by Gasteiger charge is -2.10. The Kier molecular flexibility index (Phi) is 3.88. The molecule has 3 aromatic carbocycles. The van der Waals surface area contributed by atoms with Crippen LogP contribution in [0.15, 0.2) is 63.8 Å². The van der Waals surface area contributed by atoms with Crippen LogP contribution >= 0.6 is 0 Å². The molecule has 0 fully saturated rings. The van der Waals surface area contributed by atoms with E-state index in [9.17, 15) is 4.79 Å². The number of hydrogen-bond acceptors (Lipinski definition) is 4. The Morgan fingerprint density at radius 2 is 1.58 bits per heavy atom. The van der Waals surface area contributed by atoms with E-state index in [-0.39, 0.29) is 5.63 Å². The average Bonchev–Trinajstić information content (AvgIpc) is 2.68. The fourth-order valence-corrected chi connectivity index (χ4v) is 3.35. The van der Waals surface area contributed by atoms with Gasteiger partial charge in [-0.25, -0.2) is 4.79 Å². The van der Waals surface area contributed by atoms with Crippen LogP contribution in [0.3, 0.4) is 0 Å². The van der Waals surface area contributed by atoms with Crippen LogP contribution in [0.4, 0.5) is 0 Å². The van der Waals surface area contributed by atoms with Crippen molar-refractivity contribution in [2.24, 2.45) is 0 Å². The van der Waals surface area contributed by atoms with Gasteiger partial charge in [0.15, 0.2) is 11.5 Å². The number of fused-ring (bicyclic) bond motifs is 3. The maximum atomic E-state index is 12.7. The van der Waals surface area contributed by atoms with Crippen molar-refractivity contribution in [1.82, 2.24) is 0 Å². The van der Waals surface area contributed by atoms with Gasteiger partial charge in [0.1, 0.15) is 5.58 Å². The molecule has 0 radical (unpaired) electrons. The van der Waals surface area contributed by atoms with E-state index < -0.39 is 0 Å². The molecule has 4 nitrogen and oxygen atoms in total. The smallest absolute Gasteiger partial charge is 0.344 e. The highest BCUT2D eigenvalue weighted by molar-refractivity contribution is 6.06. The number of ether oxygens (including phenoxy) is 2. The number of benzene rings is 3. The lowest BCUT2D eigenvalue weighted by molar-refractivity contribution is 0.355. The highest BCUT2D eigenvalue weighted by atomic mass is 16.5. The van der Waals surface area contributed by atoms with Gasteiger partial charge >= 0.3 is 5.63 Å². The molecule has 0 spiro atoms. The number of aryl methyl sites for hydroxylation is 1. The SMILES string of the molecule is COc1ccc(-c2cc3cc(C)c4ccccc4c3oc2=O)cc1OC. The molecule has 1 heterocycles. The van der Waals surface area contributed by atoms with Gasteiger partial charge in [0, 0.05) is 10.8 Å². The third-order valence-corrected chi connectivity index (χ3v) is 4.64. The van der Waals surface area contributed by atoms with Gasteiger partial charge in [0.2, 0.25) is 0 Å². The summed E-state index contributed by atoms with van der Waals surface area (Å²) in [6.07, 6.45) is 0. The van der Waals surface area contributed by atoms with Crippen molar-refractivity contribution in [3.8, 4) is 22.6 Å². The van der Waals surface area contributed by atoms with Crippen LogP contribution in [-0.2, 0) is 0 Å². The first-order valence-electron chi connectivity index (χ1n) is 8.31. The average molecular weight is 346 g/mol. The molecule has 0 bridgehead atoms. The third kappa shape index (κ3) is 2.51. The molecular formula is C22H18O4. The van der Waals surface area contributed by atoms with Crippen LogP contribution in [0, 0.1) is 6.92 Å². The normalized spacial score (nSPS) is 11.0. The van der Waals surface area contributed by atoms with Gasteiger partial charge in [-0.2, -0.15) is 0 Å². The van der Waals surface area contributed by atoms with Gasteiger partial charge < -0.3 is 13.9 Å². The summed E-state index contributed by atoms with van der Waals surface area (Å²) in [6.45, 7) is 2.06. The standard InChI is InChI=1S/C22H18O4/c1-13-10-15-11-18(14-8-9-19(24-2)20(12-14)25-3)22(23)26-21(15)17-7-5-4-6-16(13)17/h4-12H,1-3H3. The summed E-state index contributed by atoms with van der Waals surface area (Å²) in [5.41, 5.74) is 2.59. The molecule has 0 amide bonds. The highest BCUT2D eigenvalue weighted by Gasteiger charge is 2.13. The topological polar surface area (TPSA) is 48.7 Å². The van der Waals surface area contributed by atoms with E-state index >= 15 is 0 Å². The predicted octanol–water partition coefficient (Wildman–Crippen LogP) is 4.94. The molecule has 0 saturated carbocycles. The second kappa shape index (κ2) is 6.23. The lowest BCUT2D eigenvalue weighted by Crippen LogP contribution is -2.03. The molecule has 0 aliphatic heterocycles. The molecular weight excluding hydrogens is 328 g/mol. The van der Waals surface area contributed by atoms with Crippen LogP contribution in [0.1, 0.15) is 5.56 Å². The fraction of sp³-hybridized carbons (Fsp3) is 0.136. The Hall–Kier alpha value is -3.27. The highest BCUT2D eigenvalue weighted by Crippen LogP contribution is 2.33. The Morgan fingerprint density at radius 1 is 0.846 bits per heavy atom. The predicted molar refractivity (Wildman–Crippen MR) is 103 cm³/mol. The van der Waals surface area contributed by atoms with Crippen LogP contribution < -0.4 is 15.1 Å². The Morgan fingerprint density at radius 3 is 2.31 bits per heavy atom. The molecule has 4 rings (SSSR count). The summed E-state index contributed by atoms with van der Waals surface area (Å²) < 4.78 is 16.3. The van der Waals surface area contributed by atoms with Crippen LogP contribution in [0.5, 0.6) is 11.5 Å². The molecule has 0 N–H and O–H groups in total. The second-order valence-electron chi connectivity index (χ2n) is 6.17. The van der Waals surface area contributed by atoms with Crippen molar-refractivity contribution in [2.45, 2.75) is 6.92 Å². The first-order valence-corrected chi connectivity index (χ1v) is 8.31. The lowest BCUT2D eigenvalue weighted by atomic mass is 10.00. The maximum Gasteiger partial charge on any atom is 0.344 e. The van der Waals surface area contributed by atoms with Gasteiger partial charge in [-0.3, -0.25) is 0 Å². The Balaban J connectivity index is 1.99. The summed E-state index contributed by atoms with van der Waals surface area (Å²) >= 11 is 0. The summed E-state index contributed by atoms with van der Waals surface area (Å²) in [7, 11) is 3.15. The molecule has 0 aliphatic rings. The summed E-state index contributed by atoms with van der Waals surface area (Å²) in [4.78, 5) is 12.7. The molecule has 0 atom stereocenters. The monoisotopic (exact) mass is 346 g/mol. The third-order valence-electron chi connectivity index (χ3n) is 4.64. The molecule has 130 valence electrons. The van der Waals surface area contributed by atoms with E-state index in [0.29, 0.717) is 22.6 Å². The van der Waals surface area contributed by atoms with E-state index in [0.717, 1.165) is 27.3 Å². The molecule has 0 saturated heterocycles. The minimum absolute atomic E-state index is 0.376. The number of methoxy groups -OCH3 is 2. The number of hydrogen-bond donors (Lipinski definition) is 0. The molecule has 26 heavy (non-hydrogen) atoms. The molecule has 0 unspecified atom stereocenters. The molecule has 4 aromatic rings. The van der Waals surface area contributed by atoms with Crippen LogP contribution in [0.2, 0.25) is 0 Å². The largest absolute Gasteiger partial charge is 0.493 e. The zero-order chi connectivity index (χ0) is 18.3. The summed E-state index contributed by atoms with van der Waals surface area (Å²) in [5.74, 6) is 1.18. The maximum absolute atomic E-state index is 12.7. The first-order chi connectivity index (χ1) is 12.6. The quantitative estimate of drug-likeness (QED) is 0.389. The van der Waals surface area contributed by atoms with Gasteiger partial charge in [-0.05, 0) is 47.7 Å². The van der Waals surface area contributed by atoms with Crippen molar-refractivity contribution in [3.63, 3.8) is 0 Å². The molecule has 4 heteroatoms.